The van der Waals surface area contributed by atoms with E-state index < -0.39 is 12.8 Å². The summed E-state index contributed by atoms with van der Waals surface area (Å²) in [5.74, 6) is 0.0922. The molecule has 0 radical (unpaired) electrons. The fraction of sp³-hybridized carbons (Fsp3) is 0.615. The van der Waals surface area contributed by atoms with E-state index in [4.69, 9.17) is 0 Å². The number of nitrogens with zero attached hydrogens (tertiary/aromatic N) is 1. The van der Waals surface area contributed by atoms with Gasteiger partial charge in [0.1, 0.15) is 6.61 Å². The van der Waals surface area contributed by atoms with Crippen LogP contribution in [0.2, 0.25) is 0 Å². The average molecular weight is 277 g/mol. The minimum Gasteiger partial charge on any atom is -0.372 e. The SMILES string of the molecule is CCCC(=O)c1ccn(CCCOCC(F)(F)F)c1. The van der Waals surface area contributed by atoms with Gasteiger partial charge in [0.25, 0.3) is 0 Å². The Labute approximate surface area is 110 Å². The van der Waals surface area contributed by atoms with Crippen LogP contribution in [0.5, 0.6) is 0 Å². The Morgan fingerprint density at radius 3 is 2.79 bits per heavy atom. The number of aryl methyl sites for hydroxylation is 1. The molecular formula is C13H18F3NO2. The summed E-state index contributed by atoms with van der Waals surface area (Å²) < 4.78 is 41.7. The van der Waals surface area contributed by atoms with E-state index in [0.29, 0.717) is 24.9 Å². The van der Waals surface area contributed by atoms with Crippen molar-refractivity contribution < 1.29 is 22.7 Å². The summed E-state index contributed by atoms with van der Waals surface area (Å²) >= 11 is 0. The predicted octanol–water partition coefficient (Wildman–Crippen LogP) is 3.44. The second kappa shape index (κ2) is 7.33. The van der Waals surface area contributed by atoms with E-state index in [1.165, 1.54) is 0 Å². The minimum absolute atomic E-state index is 0.0515. The highest BCUT2D eigenvalue weighted by molar-refractivity contribution is 5.95. The third kappa shape index (κ3) is 6.42. The molecule has 0 saturated heterocycles. The lowest BCUT2D eigenvalue weighted by Crippen LogP contribution is -2.17. The van der Waals surface area contributed by atoms with E-state index in [-0.39, 0.29) is 12.4 Å². The number of carbonyl (C=O) groups is 1. The van der Waals surface area contributed by atoms with Crippen LogP contribution in [0.1, 0.15) is 36.5 Å². The highest BCUT2D eigenvalue weighted by Gasteiger charge is 2.27. The topological polar surface area (TPSA) is 31.2 Å². The monoisotopic (exact) mass is 277 g/mol. The zero-order valence-corrected chi connectivity index (χ0v) is 10.9. The van der Waals surface area contributed by atoms with Crippen molar-refractivity contribution >= 4 is 5.78 Å². The van der Waals surface area contributed by atoms with Gasteiger partial charge < -0.3 is 9.30 Å². The number of carbonyl (C=O) groups excluding carboxylic acids is 1. The number of alkyl halides is 3. The van der Waals surface area contributed by atoms with Crippen LogP contribution in [-0.2, 0) is 11.3 Å². The fourth-order valence-electron chi connectivity index (χ4n) is 1.65. The van der Waals surface area contributed by atoms with Crippen molar-refractivity contribution in [1.29, 1.82) is 0 Å². The maximum absolute atomic E-state index is 11.8. The second-order valence-corrected chi connectivity index (χ2v) is 4.33. The number of Topliss-reactive ketones (excluding diaryl/α,β-unsaturated/α-hetero) is 1. The van der Waals surface area contributed by atoms with Crippen LogP contribution in [0.25, 0.3) is 0 Å². The van der Waals surface area contributed by atoms with Crippen LogP contribution in [-0.4, -0.2) is 29.7 Å². The van der Waals surface area contributed by atoms with Crippen molar-refractivity contribution in [2.75, 3.05) is 13.2 Å². The molecule has 0 aliphatic heterocycles. The number of ether oxygens (including phenoxy) is 1. The second-order valence-electron chi connectivity index (χ2n) is 4.33. The summed E-state index contributed by atoms with van der Waals surface area (Å²) in [4.78, 5) is 11.6. The van der Waals surface area contributed by atoms with Crippen molar-refractivity contribution in [2.45, 2.75) is 38.9 Å². The van der Waals surface area contributed by atoms with Gasteiger partial charge in [-0.2, -0.15) is 13.2 Å². The van der Waals surface area contributed by atoms with Gasteiger partial charge >= 0.3 is 6.18 Å². The van der Waals surface area contributed by atoms with Gasteiger partial charge in [-0.15, -0.1) is 0 Å². The van der Waals surface area contributed by atoms with E-state index in [1.54, 1.807) is 23.0 Å². The number of aromatic nitrogens is 1. The van der Waals surface area contributed by atoms with Crippen molar-refractivity contribution in [1.82, 2.24) is 4.57 Å². The van der Waals surface area contributed by atoms with Crippen molar-refractivity contribution in [3.05, 3.63) is 24.0 Å². The molecule has 0 bridgehead atoms. The van der Waals surface area contributed by atoms with E-state index in [9.17, 15) is 18.0 Å². The molecule has 1 rings (SSSR count). The number of halogens is 3. The first-order valence-electron chi connectivity index (χ1n) is 6.26. The Hall–Kier alpha value is -1.30. The summed E-state index contributed by atoms with van der Waals surface area (Å²) in [6.45, 7) is 1.32. The summed E-state index contributed by atoms with van der Waals surface area (Å²) in [5.41, 5.74) is 0.651. The van der Waals surface area contributed by atoms with Gasteiger partial charge in [-0.25, -0.2) is 0 Å². The molecule has 0 aromatic carbocycles. The van der Waals surface area contributed by atoms with Crippen LogP contribution in [0.3, 0.4) is 0 Å². The molecule has 1 aromatic rings. The maximum Gasteiger partial charge on any atom is 0.411 e. The molecule has 0 aliphatic carbocycles. The number of rotatable bonds is 8. The fourth-order valence-corrected chi connectivity index (χ4v) is 1.65. The molecule has 1 heterocycles. The standard InChI is InChI=1S/C13H18F3NO2/c1-2-4-12(18)11-5-7-17(9-11)6-3-8-19-10-13(14,15)16/h5,7,9H,2-4,6,8,10H2,1H3. The van der Waals surface area contributed by atoms with E-state index in [1.807, 2.05) is 6.92 Å². The Bertz CT molecular complexity index is 399. The van der Waals surface area contributed by atoms with E-state index >= 15 is 0 Å². The van der Waals surface area contributed by atoms with Gasteiger partial charge in [0.05, 0.1) is 0 Å². The molecular weight excluding hydrogens is 259 g/mol. The Balaban J connectivity index is 2.25. The minimum atomic E-state index is -4.27. The Morgan fingerprint density at radius 1 is 1.42 bits per heavy atom. The lowest BCUT2D eigenvalue weighted by atomic mass is 10.1. The molecule has 0 N–H and O–H groups in total. The molecule has 0 saturated carbocycles. The summed E-state index contributed by atoms with van der Waals surface area (Å²) in [7, 11) is 0. The number of ketones is 1. The van der Waals surface area contributed by atoms with Gasteiger partial charge in [0.2, 0.25) is 0 Å². The van der Waals surface area contributed by atoms with Crippen LogP contribution < -0.4 is 0 Å². The van der Waals surface area contributed by atoms with Crippen molar-refractivity contribution in [2.24, 2.45) is 0 Å². The lowest BCUT2D eigenvalue weighted by molar-refractivity contribution is -0.174. The molecule has 0 fully saturated rings. The van der Waals surface area contributed by atoms with Crippen molar-refractivity contribution in [3.63, 3.8) is 0 Å². The third-order valence-corrected chi connectivity index (χ3v) is 2.52. The van der Waals surface area contributed by atoms with Gasteiger partial charge in [-0.1, -0.05) is 6.92 Å². The maximum atomic E-state index is 11.8. The number of hydrogen-bond acceptors (Lipinski definition) is 2. The zero-order chi connectivity index (χ0) is 14.3. The largest absolute Gasteiger partial charge is 0.411 e. The molecule has 0 atom stereocenters. The molecule has 108 valence electrons. The first-order valence-corrected chi connectivity index (χ1v) is 6.26. The first kappa shape index (κ1) is 15.8. The van der Waals surface area contributed by atoms with Crippen LogP contribution in [0.15, 0.2) is 18.5 Å². The molecule has 0 aliphatic rings. The molecule has 0 unspecified atom stereocenters. The first-order chi connectivity index (χ1) is 8.92. The van der Waals surface area contributed by atoms with E-state index in [0.717, 1.165) is 6.42 Å². The summed E-state index contributed by atoms with van der Waals surface area (Å²) in [6.07, 6.45) is 1.00. The lowest BCUT2D eigenvalue weighted by Gasteiger charge is -2.07. The molecule has 0 spiro atoms. The third-order valence-electron chi connectivity index (χ3n) is 2.52. The summed E-state index contributed by atoms with van der Waals surface area (Å²) in [5, 5.41) is 0. The van der Waals surface area contributed by atoms with Gasteiger partial charge in [-0.3, -0.25) is 4.79 Å². The molecule has 1 aromatic heterocycles. The Kier molecular flexibility index (Phi) is 6.08. The summed E-state index contributed by atoms with van der Waals surface area (Å²) in [6, 6.07) is 1.73. The van der Waals surface area contributed by atoms with Crippen LogP contribution in [0, 0.1) is 0 Å². The molecule has 6 heteroatoms. The van der Waals surface area contributed by atoms with Gasteiger partial charge in [-0.05, 0) is 18.9 Å². The van der Waals surface area contributed by atoms with E-state index in [2.05, 4.69) is 4.74 Å². The van der Waals surface area contributed by atoms with Gasteiger partial charge in [0, 0.05) is 37.5 Å². The smallest absolute Gasteiger partial charge is 0.372 e. The highest BCUT2D eigenvalue weighted by Crippen LogP contribution is 2.14. The predicted molar refractivity (Wildman–Crippen MR) is 65.2 cm³/mol. The molecule has 3 nitrogen and oxygen atoms in total. The normalized spacial score (nSPS) is 11.8. The molecule has 19 heavy (non-hydrogen) atoms. The van der Waals surface area contributed by atoms with Crippen LogP contribution >= 0.6 is 0 Å². The van der Waals surface area contributed by atoms with Crippen LogP contribution in [0.4, 0.5) is 13.2 Å². The number of hydrogen-bond donors (Lipinski definition) is 0. The zero-order valence-electron chi connectivity index (χ0n) is 10.9. The van der Waals surface area contributed by atoms with Gasteiger partial charge in [0.15, 0.2) is 5.78 Å². The molecule has 0 amide bonds. The highest BCUT2D eigenvalue weighted by atomic mass is 19.4. The quantitative estimate of drug-likeness (QED) is 0.538. The Morgan fingerprint density at radius 2 is 2.16 bits per heavy atom. The van der Waals surface area contributed by atoms with Crippen molar-refractivity contribution in [3.8, 4) is 0 Å². The average Bonchev–Trinajstić information content (AvgIpc) is 2.76.